The number of anilines is 2. The highest BCUT2D eigenvalue weighted by atomic mass is 16.6. The second-order valence-corrected chi connectivity index (χ2v) is 6.95. The minimum absolute atomic E-state index is 0.000106. The van der Waals surface area contributed by atoms with Gasteiger partial charge in [0, 0.05) is 18.4 Å². The van der Waals surface area contributed by atoms with Crippen LogP contribution in [0.3, 0.4) is 0 Å². The first-order valence-corrected chi connectivity index (χ1v) is 10.3. The molecule has 1 aliphatic rings. The largest absolute Gasteiger partial charge is 0.507 e. The van der Waals surface area contributed by atoms with Crippen molar-refractivity contribution in [1.29, 1.82) is 0 Å². The number of phenolic OH excluding ortho intramolecular Hbond substituents is 2. The topological polar surface area (TPSA) is 150 Å². The normalized spacial score (nSPS) is 11.7. The van der Waals surface area contributed by atoms with E-state index in [0.717, 1.165) is 17.7 Å². The quantitative estimate of drug-likeness (QED) is 0.202. The maximum atomic E-state index is 13.3. The highest BCUT2D eigenvalue weighted by Gasteiger charge is 2.40. The third-order valence-corrected chi connectivity index (χ3v) is 5.08. The summed E-state index contributed by atoms with van der Waals surface area (Å²) in [6.07, 6.45) is 0.478. The van der Waals surface area contributed by atoms with Gasteiger partial charge < -0.3 is 20.6 Å². The van der Waals surface area contributed by atoms with Crippen molar-refractivity contribution in [3.05, 3.63) is 86.5 Å². The fourth-order valence-electron chi connectivity index (χ4n) is 3.64. The van der Waals surface area contributed by atoms with Gasteiger partial charge in [0.25, 0.3) is 5.69 Å². The van der Waals surface area contributed by atoms with Gasteiger partial charge in [0.05, 0.1) is 27.3 Å². The van der Waals surface area contributed by atoms with Crippen LogP contribution in [0.25, 0.3) is 0 Å². The summed E-state index contributed by atoms with van der Waals surface area (Å²) in [6, 6.07) is 11.5. The van der Waals surface area contributed by atoms with Crippen LogP contribution < -0.4 is 5.32 Å². The van der Waals surface area contributed by atoms with Crippen LogP contribution in [0.1, 0.15) is 51.3 Å². The molecule has 0 unspecified atom stereocenters. The zero-order valence-corrected chi connectivity index (χ0v) is 18.0. The van der Waals surface area contributed by atoms with Gasteiger partial charge in [-0.2, -0.15) is 0 Å². The van der Waals surface area contributed by atoms with Gasteiger partial charge in [0.15, 0.2) is 0 Å². The minimum atomic E-state index is -0.884. The van der Waals surface area contributed by atoms with Crippen molar-refractivity contribution < 1.29 is 29.8 Å². The molecule has 0 spiro atoms. The molecular weight excluding hydrogens is 428 g/mol. The average molecular weight is 450 g/mol. The fourth-order valence-corrected chi connectivity index (χ4v) is 3.64. The number of hydrogen-bond acceptors (Lipinski definition) is 8. The zero-order chi connectivity index (χ0) is 24.3. The zero-order valence-electron chi connectivity index (χ0n) is 18.0. The Labute approximate surface area is 189 Å². The van der Waals surface area contributed by atoms with E-state index in [4.69, 9.17) is 5.11 Å². The monoisotopic (exact) mass is 450 g/mol. The molecule has 0 aromatic heterocycles. The maximum absolute atomic E-state index is 13.3. The number of nitro groups is 1. The van der Waals surface area contributed by atoms with E-state index < -0.39 is 44.8 Å². The van der Waals surface area contributed by atoms with Crippen molar-refractivity contribution >= 4 is 28.6 Å². The number of carbonyl (C=O) groups excluding carboxylic acids is 2. The molecule has 170 valence electrons. The van der Waals surface area contributed by atoms with Gasteiger partial charge in [-0.3, -0.25) is 19.7 Å². The Balaban J connectivity index is 0.00000149. The Bertz CT molecular complexity index is 1250. The Morgan fingerprint density at radius 3 is 1.94 bits per heavy atom. The standard InChI is InChI=1S/C22H16N2O7.C2H6/c25-10-9-11-1-3-12(4-2-11)23-13-5-7-15(26)19-17(13)21(28)18-14(24(30)31)6-8-16(27)20(18)22(19)29;1-2/h1-8,23,25-27H,9-10H2;1-2H3. The van der Waals surface area contributed by atoms with E-state index in [1.165, 1.54) is 12.1 Å². The Morgan fingerprint density at radius 1 is 0.818 bits per heavy atom. The summed E-state index contributed by atoms with van der Waals surface area (Å²) in [6.45, 7) is 4.00. The van der Waals surface area contributed by atoms with Gasteiger partial charge in [-0.15, -0.1) is 0 Å². The highest BCUT2D eigenvalue weighted by Crippen LogP contribution is 2.43. The number of carbonyl (C=O) groups is 2. The lowest BCUT2D eigenvalue weighted by Gasteiger charge is -2.22. The number of nitrogens with zero attached hydrogens (tertiary/aromatic N) is 1. The molecule has 0 fully saturated rings. The van der Waals surface area contributed by atoms with Gasteiger partial charge >= 0.3 is 0 Å². The number of fused-ring (bicyclic) bond motifs is 2. The van der Waals surface area contributed by atoms with Crippen LogP contribution >= 0.6 is 0 Å². The fraction of sp³-hybridized carbons (Fsp3) is 0.167. The summed E-state index contributed by atoms with van der Waals surface area (Å²) >= 11 is 0. The second kappa shape index (κ2) is 9.49. The molecule has 0 heterocycles. The summed E-state index contributed by atoms with van der Waals surface area (Å²) < 4.78 is 0. The van der Waals surface area contributed by atoms with Crippen LogP contribution in [0.5, 0.6) is 11.5 Å². The molecule has 9 heteroatoms. The van der Waals surface area contributed by atoms with E-state index in [9.17, 15) is 29.9 Å². The number of aliphatic hydroxyl groups is 1. The molecule has 0 radical (unpaired) electrons. The van der Waals surface area contributed by atoms with Crippen molar-refractivity contribution in [3.63, 3.8) is 0 Å². The number of aromatic hydroxyl groups is 2. The number of nitro benzene ring substituents is 1. The number of rotatable bonds is 5. The predicted octanol–water partition coefficient (Wildman–Crippen LogP) is 4.09. The molecule has 0 amide bonds. The lowest BCUT2D eigenvalue weighted by molar-refractivity contribution is -0.385. The SMILES string of the molecule is CC.O=C1c2c(O)ccc(Nc3ccc(CCO)cc3)c2C(=O)c2c([N+](=O)[O-])ccc(O)c21. The Morgan fingerprint density at radius 2 is 1.36 bits per heavy atom. The first-order chi connectivity index (χ1) is 15.8. The van der Waals surface area contributed by atoms with Crippen molar-refractivity contribution in [2.45, 2.75) is 20.3 Å². The van der Waals surface area contributed by atoms with Gasteiger partial charge in [0.2, 0.25) is 11.6 Å². The summed E-state index contributed by atoms with van der Waals surface area (Å²) in [4.78, 5) is 37.0. The van der Waals surface area contributed by atoms with Crippen molar-refractivity contribution in [1.82, 2.24) is 0 Å². The Kier molecular flexibility index (Phi) is 6.74. The van der Waals surface area contributed by atoms with E-state index >= 15 is 0 Å². The third-order valence-electron chi connectivity index (χ3n) is 5.08. The maximum Gasteiger partial charge on any atom is 0.281 e. The smallest absolute Gasteiger partial charge is 0.281 e. The highest BCUT2D eigenvalue weighted by molar-refractivity contribution is 6.33. The number of aliphatic hydroxyl groups excluding tert-OH is 1. The molecule has 3 aromatic rings. The molecule has 1 aliphatic carbocycles. The first-order valence-electron chi connectivity index (χ1n) is 10.3. The van der Waals surface area contributed by atoms with Crippen LogP contribution in [0.4, 0.5) is 17.1 Å². The summed E-state index contributed by atoms with van der Waals surface area (Å²) in [5.74, 6) is -2.80. The van der Waals surface area contributed by atoms with Gasteiger partial charge in [-0.05, 0) is 42.3 Å². The number of hydrogen-bond donors (Lipinski definition) is 4. The van der Waals surface area contributed by atoms with Crippen LogP contribution in [-0.2, 0) is 6.42 Å². The molecule has 4 N–H and O–H groups in total. The number of nitrogens with one attached hydrogen (secondary N) is 1. The molecule has 0 saturated carbocycles. The third kappa shape index (κ3) is 4.13. The van der Waals surface area contributed by atoms with Crippen LogP contribution in [-0.4, -0.2) is 38.4 Å². The predicted molar refractivity (Wildman–Crippen MR) is 122 cm³/mol. The molecule has 0 aliphatic heterocycles. The lowest BCUT2D eigenvalue weighted by Crippen LogP contribution is -2.23. The average Bonchev–Trinajstić information content (AvgIpc) is 2.81. The molecule has 0 saturated heterocycles. The van der Waals surface area contributed by atoms with Gasteiger partial charge in [0.1, 0.15) is 17.1 Å². The molecule has 3 aromatic carbocycles. The molecule has 4 rings (SSSR count). The van der Waals surface area contributed by atoms with Crippen molar-refractivity contribution in [3.8, 4) is 11.5 Å². The van der Waals surface area contributed by atoms with Crippen molar-refractivity contribution in [2.24, 2.45) is 0 Å². The van der Waals surface area contributed by atoms with E-state index in [1.807, 2.05) is 13.8 Å². The number of phenols is 2. The molecule has 0 atom stereocenters. The van der Waals surface area contributed by atoms with E-state index in [0.29, 0.717) is 12.1 Å². The summed E-state index contributed by atoms with van der Waals surface area (Å²) in [7, 11) is 0. The van der Waals surface area contributed by atoms with E-state index in [2.05, 4.69) is 5.32 Å². The van der Waals surface area contributed by atoms with Crippen LogP contribution in [0.15, 0.2) is 48.5 Å². The minimum Gasteiger partial charge on any atom is -0.507 e. The van der Waals surface area contributed by atoms with Gasteiger partial charge in [-0.25, -0.2) is 0 Å². The van der Waals surface area contributed by atoms with Gasteiger partial charge in [-0.1, -0.05) is 26.0 Å². The summed E-state index contributed by atoms with van der Waals surface area (Å²) in [5.41, 5.74) is -0.565. The summed E-state index contributed by atoms with van der Waals surface area (Å²) in [5, 5.41) is 43.9. The van der Waals surface area contributed by atoms with E-state index in [1.54, 1.807) is 24.3 Å². The number of benzene rings is 3. The van der Waals surface area contributed by atoms with E-state index in [-0.39, 0.29) is 23.4 Å². The molecule has 0 bridgehead atoms. The molecule has 33 heavy (non-hydrogen) atoms. The molecule has 9 nitrogen and oxygen atoms in total. The van der Waals surface area contributed by atoms with Crippen LogP contribution in [0.2, 0.25) is 0 Å². The Hall–Kier alpha value is -4.24. The van der Waals surface area contributed by atoms with Crippen molar-refractivity contribution in [2.75, 3.05) is 11.9 Å². The van der Waals surface area contributed by atoms with Crippen LogP contribution in [0, 0.1) is 10.1 Å². The molecular formula is C24H22N2O7. The first kappa shape index (κ1) is 23.4. The number of ketones is 2. The lowest BCUT2D eigenvalue weighted by atomic mass is 9.81. The second-order valence-electron chi connectivity index (χ2n) is 6.95.